The number of rotatable bonds is 8. The van der Waals surface area contributed by atoms with Crippen LogP contribution in [0.3, 0.4) is 0 Å². The summed E-state index contributed by atoms with van der Waals surface area (Å²) in [6.07, 6.45) is 8.51. The van der Waals surface area contributed by atoms with Crippen molar-refractivity contribution in [2.24, 2.45) is 11.3 Å². The van der Waals surface area contributed by atoms with E-state index in [-0.39, 0.29) is 0 Å². The Morgan fingerprint density at radius 1 is 1.28 bits per heavy atom. The molecule has 1 saturated carbocycles. The van der Waals surface area contributed by atoms with Crippen LogP contribution in [0.2, 0.25) is 0 Å². The highest BCUT2D eigenvalue weighted by Crippen LogP contribution is 2.26. The van der Waals surface area contributed by atoms with Gasteiger partial charge in [-0.2, -0.15) is 0 Å². The average Bonchev–Trinajstić information content (AvgIpc) is 2.77. The van der Waals surface area contributed by atoms with Crippen molar-refractivity contribution in [3.05, 3.63) is 0 Å². The van der Waals surface area contributed by atoms with Gasteiger partial charge in [-0.3, -0.25) is 4.79 Å². The van der Waals surface area contributed by atoms with Crippen LogP contribution >= 0.6 is 0 Å². The maximum atomic E-state index is 11.0. The van der Waals surface area contributed by atoms with Crippen LogP contribution in [0.5, 0.6) is 0 Å². The van der Waals surface area contributed by atoms with Gasteiger partial charge in [0.15, 0.2) is 0 Å². The third-order valence-electron chi connectivity index (χ3n) is 4.22. The van der Waals surface area contributed by atoms with Gasteiger partial charge in [-0.1, -0.05) is 19.3 Å². The minimum atomic E-state index is -0.679. The maximum absolute atomic E-state index is 11.0. The lowest BCUT2D eigenvalue weighted by Gasteiger charge is -2.22. The van der Waals surface area contributed by atoms with Crippen molar-refractivity contribution < 1.29 is 9.90 Å². The summed E-state index contributed by atoms with van der Waals surface area (Å²) in [7, 11) is 2.20. The summed E-state index contributed by atoms with van der Waals surface area (Å²) in [6, 6.07) is 0. The summed E-state index contributed by atoms with van der Waals surface area (Å²) < 4.78 is 0. The molecule has 3 heteroatoms. The zero-order valence-electron chi connectivity index (χ0n) is 12.2. The van der Waals surface area contributed by atoms with E-state index in [1.54, 1.807) is 0 Å². The van der Waals surface area contributed by atoms with Crippen molar-refractivity contribution in [1.82, 2.24) is 4.90 Å². The lowest BCUT2D eigenvalue weighted by atomic mass is 9.87. The fourth-order valence-electron chi connectivity index (χ4n) is 2.78. The van der Waals surface area contributed by atoms with Gasteiger partial charge in [-0.15, -0.1) is 0 Å². The summed E-state index contributed by atoms with van der Waals surface area (Å²) in [5.74, 6) is 0.229. The van der Waals surface area contributed by atoms with E-state index in [0.29, 0.717) is 0 Å². The first kappa shape index (κ1) is 15.5. The Balaban J connectivity index is 2.08. The second-order valence-electron chi connectivity index (χ2n) is 6.56. The Hall–Kier alpha value is -0.570. The van der Waals surface area contributed by atoms with E-state index < -0.39 is 11.4 Å². The van der Waals surface area contributed by atoms with Gasteiger partial charge in [0.25, 0.3) is 0 Å². The summed E-state index contributed by atoms with van der Waals surface area (Å²) in [5.41, 5.74) is -0.565. The largest absolute Gasteiger partial charge is 0.481 e. The van der Waals surface area contributed by atoms with E-state index in [0.717, 1.165) is 31.7 Å². The molecule has 1 fully saturated rings. The first-order valence-electron chi connectivity index (χ1n) is 7.34. The lowest BCUT2D eigenvalue weighted by molar-refractivity contribution is -0.147. The van der Waals surface area contributed by atoms with Crippen molar-refractivity contribution in [1.29, 1.82) is 0 Å². The number of carboxylic acids is 1. The quantitative estimate of drug-likeness (QED) is 0.676. The van der Waals surface area contributed by atoms with Crippen LogP contribution in [0.4, 0.5) is 0 Å². The minimum absolute atomic E-state index is 0.565. The molecule has 1 N–H and O–H groups in total. The molecular formula is C15H29NO2. The van der Waals surface area contributed by atoms with E-state index in [1.807, 2.05) is 13.8 Å². The minimum Gasteiger partial charge on any atom is -0.481 e. The SMILES string of the molecule is CN(CCCCC(C)(C)C(=O)O)CC1CCCC1. The highest BCUT2D eigenvalue weighted by molar-refractivity contribution is 5.73. The normalized spacial score (nSPS) is 17.6. The molecule has 106 valence electrons. The lowest BCUT2D eigenvalue weighted by Crippen LogP contribution is -2.27. The van der Waals surface area contributed by atoms with Crippen LogP contribution in [-0.2, 0) is 4.79 Å². The van der Waals surface area contributed by atoms with Crippen LogP contribution in [0.1, 0.15) is 58.8 Å². The molecule has 1 aliphatic carbocycles. The van der Waals surface area contributed by atoms with Gasteiger partial charge in [0.2, 0.25) is 0 Å². The number of nitrogens with zero attached hydrogens (tertiary/aromatic N) is 1. The van der Waals surface area contributed by atoms with E-state index in [2.05, 4.69) is 11.9 Å². The topological polar surface area (TPSA) is 40.5 Å². The molecule has 0 aromatic carbocycles. The molecule has 0 bridgehead atoms. The Bertz CT molecular complexity index is 257. The first-order chi connectivity index (χ1) is 8.42. The van der Waals surface area contributed by atoms with Crippen LogP contribution in [0, 0.1) is 11.3 Å². The number of aliphatic carboxylic acids is 1. The highest BCUT2D eigenvalue weighted by Gasteiger charge is 2.26. The van der Waals surface area contributed by atoms with Gasteiger partial charge in [-0.05, 0) is 59.0 Å². The van der Waals surface area contributed by atoms with Crippen molar-refractivity contribution in [3.63, 3.8) is 0 Å². The molecule has 18 heavy (non-hydrogen) atoms. The Morgan fingerprint density at radius 3 is 2.44 bits per heavy atom. The fourth-order valence-corrected chi connectivity index (χ4v) is 2.78. The number of carboxylic acid groups (broad SMARTS) is 1. The molecule has 0 radical (unpaired) electrons. The predicted molar refractivity (Wildman–Crippen MR) is 74.7 cm³/mol. The zero-order valence-corrected chi connectivity index (χ0v) is 12.2. The van der Waals surface area contributed by atoms with Gasteiger partial charge in [0.05, 0.1) is 5.41 Å². The van der Waals surface area contributed by atoms with Crippen molar-refractivity contribution >= 4 is 5.97 Å². The molecule has 1 aliphatic rings. The average molecular weight is 255 g/mol. The Kier molecular flexibility index (Phi) is 6.13. The summed E-state index contributed by atoms with van der Waals surface area (Å²) in [6.45, 7) is 5.96. The van der Waals surface area contributed by atoms with Crippen LogP contribution in [-0.4, -0.2) is 36.1 Å². The van der Waals surface area contributed by atoms with Crippen molar-refractivity contribution in [2.45, 2.75) is 58.8 Å². The molecule has 0 spiro atoms. The molecule has 0 aliphatic heterocycles. The molecule has 0 atom stereocenters. The van der Waals surface area contributed by atoms with Gasteiger partial charge < -0.3 is 10.0 Å². The number of hydrogen-bond acceptors (Lipinski definition) is 2. The molecule has 1 rings (SSSR count). The summed E-state index contributed by atoms with van der Waals surface area (Å²) >= 11 is 0. The van der Waals surface area contributed by atoms with Crippen LogP contribution in [0.15, 0.2) is 0 Å². The van der Waals surface area contributed by atoms with Crippen LogP contribution < -0.4 is 0 Å². The molecule has 3 nitrogen and oxygen atoms in total. The summed E-state index contributed by atoms with van der Waals surface area (Å²) in [5, 5.41) is 9.03. The number of hydrogen-bond donors (Lipinski definition) is 1. The standard InChI is InChI=1S/C15H29NO2/c1-15(2,14(17)18)10-6-7-11-16(3)12-13-8-4-5-9-13/h13H,4-12H2,1-3H3,(H,17,18). The van der Waals surface area contributed by atoms with E-state index in [4.69, 9.17) is 5.11 Å². The monoisotopic (exact) mass is 255 g/mol. The third-order valence-corrected chi connectivity index (χ3v) is 4.22. The van der Waals surface area contributed by atoms with Crippen molar-refractivity contribution in [3.8, 4) is 0 Å². The fraction of sp³-hybridized carbons (Fsp3) is 0.933. The molecule has 0 saturated heterocycles. The Labute approximate surface area is 112 Å². The molecule has 0 aromatic rings. The van der Waals surface area contributed by atoms with E-state index in [1.165, 1.54) is 32.2 Å². The third kappa shape index (κ3) is 5.38. The second-order valence-corrected chi connectivity index (χ2v) is 6.56. The van der Waals surface area contributed by atoms with Gasteiger partial charge in [-0.25, -0.2) is 0 Å². The highest BCUT2D eigenvalue weighted by atomic mass is 16.4. The number of unbranched alkanes of at least 4 members (excludes halogenated alkanes) is 1. The summed E-state index contributed by atoms with van der Waals surface area (Å²) in [4.78, 5) is 13.4. The van der Waals surface area contributed by atoms with E-state index in [9.17, 15) is 4.79 Å². The van der Waals surface area contributed by atoms with E-state index >= 15 is 0 Å². The smallest absolute Gasteiger partial charge is 0.309 e. The Morgan fingerprint density at radius 2 is 1.89 bits per heavy atom. The molecule has 0 heterocycles. The second kappa shape index (κ2) is 7.13. The van der Waals surface area contributed by atoms with Gasteiger partial charge in [0.1, 0.15) is 0 Å². The number of carbonyl (C=O) groups is 1. The van der Waals surface area contributed by atoms with Gasteiger partial charge >= 0.3 is 5.97 Å². The van der Waals surface area contributed by atoms with Crippen molar-refractivity contribution in [2.75, 3.05) is 20.1 Å². The zero-order chi connectivity index (χ0) is 13.6. The maximum Gasteiger partial charge on any atom is 0.309 e. The molecule has 0 unspecified atom stereocenters. The molecular weight excluding hydrogens is 226 g/mol. The molecule has 0 amide bonds. The molecule has 0 aromatic heterocycles. The predicted octanol–water partition coefficient (Wildman–Crippen LogP) is 3.39. The first-order valence-corrected chi connectivity index (χ1v) is 7.34. The van der Waals surface area contributed by atoms with Crippen LogP contribution in [0.25, 0.3) is 0 Å². The van der Waals surface area contributed by atoms with Gasteiger partial charge in [0, 0.05) is 6.54 Å².